The maximum atomic E-state index is 12.3. The maximum absolute atomic E-state index is 12.3. The third kappa shape index (κ3) is 8.10. The molecule has 1 amide bonds. The number of carboxylic acid groups (broad SMARTS) is 1. The highest BCUT2D eigenvalue weighted by atomic mass is 79.9. The van der Waals surface area contributed by atoms with Gasteiger partial charge in [-0.3, -0.25) is 9.59 Å². The monoisotopic (exact) mass is 399 g/mol. The van der Waals surface area contributed by atoms with Crippen LogP contribution in [-0.4, -0.2) is 34.6 Å². The molecular weight excluding hydrogens is 378 g/mol. The first-order valence-electron chi connectivity index (χ1n) is 7.55. The van der Waals surface area contributed by atoms with Crippen molar-refractivity contribution in [3.05, 3.63) is 34.3 Å². The molecule has 0 aliphatic rings. The number of benzene rings is 1. The van der Waals surface area contributed by atoms with E-state index in [0.29, 0.717) is 0 Å². The quantitative estimate of drug-likeness (QED) is 0.733. The smallest absolute Gasteiger partial charge is 0.408 e. The minimum Gasteiger partial charge on any atom is -0.481 e. The van der Waals surface area contributed by atoms with Gasteiger partial charge in [0.25, 0.3) is 0 Å². The van der Waals surface area contributed by atoms with Crippen molar-refractivity contribution in [1.29, 1.82) is 0 Å². The van der Waals surface area contributed by atoms with E-state index in [1.807, 2.05) is 24.3 Å². The Morgan fingerprint density at radius 1 is 1.17 bits per heavy atom. The molecule has 0 heterocycles. The number of aliphatic carboxylic acids is 1. The Labute approximate surface area is 149 Å². The number of carbonyl (C=O) groups excluding carboxylic acids is 2. The Hall–Kier alpha value is -1.89. The van der Waals surface area contributed by atoms with E-state index in [-0.39, 0.29) is 25.0 Å². The summed E-state index contributed by atoms with van der Waals surface area (Å²) in [4.78, 5) is 34.9. The van der Waals surface area contributed by atoms with Crippen LogP contribution in [0.4, 0.5) is 4.79 Å². The molecule has 1 aromatic rings. The number of carbonyl (C=O) groups is 3. The molecule has 0 radical (unpaired) electrons. The van der Waals surface area contributed by atoms with Gasteiger partial charge in [-0.2, -0.15) is 0 Å². The van der Waals surface area contributed by atoms with Crippen LogP contribution in [0.3, 0.4) is 0 Å². The summed E-state index contributed by atoms with van der Waals surface area (Å²) in [5, 5.41) is 11.3. The topological polar surface area (TPSA) is 92.7 Å². The third-order valence-corrected chi connectivity index (χ3v) is 3.55. The molecule has 7 heteroatoms. The van der Waals surface area contributed by atoms with Gasteiger partial charge in [0.15, 0.2) is 5.78 Å². The largest absolute Gasteiger partial charge is 0.481 e. The number of Topliss-reactive ketones (excluding diaryl/α,β-unsaturated/α-hetero) is 1. The summed E-state index contributed by atoms with van der Waals surface area (Å²) in [7, 11) is 0. The lowest BCUT2D eigenvalue weighted by Crippen LogP contribution is -2.44. The molecule has 6 nitrogen and oxygen atoms in total. The van der Waals surface area contributed by atoms with E-state index in [9.17, 15) is 14.4 Å². The van der Waals surface area contributed by atoms with Crippen LogP contribution in [0, 0.1) is 0 Å². The molecule has 0 fully saturated rings. The minimum absolute atomic E-state index is 0.147. The first-order chi connectivity index (χ1) is 11.1. The van der Waals surface area contributed by atoms with Gasteiger partial charge in [-0.1, -0.05) is 28.1 Å². The lowest BCUT2D eigenvalue weighted by Gasteiger charge is -2.23. The van der Waals surface area contributed by atoms with Gasteiger partial charge in [0.05, 0.1) is 12.5 Å². The third-order valence-electron chi connectivity index (χ3n) is 3.02. The number of halogens is 1. The molecule has 1 aromatic carbocycles. The van der Waals surface area contributed by atoms with Crippen molar-refractivity contribution in [3.63, 3.8) is 0 Å². The number of hydrogen-bond acceptors (Lipinski definition) is 4. The Balaban J connectivity index is 2.81. The fourth-order valence-electron chi connectivity index (χ4n) is 1.96. The number of ether oxygens (including phenoxy) is 1. The SMILES string of the molecule is CC(C)(C)OC(=O)N[C@@H](Cc1ccc(Br)cc1)C(=O)CCC(=O)O. The van der Waals surface area contributed by atoms with Gasteiger partial charge < -0.3 is 15.2 Å². The van der Waals surface area contributed by atoms with Crippen molar-refractivity contribution in [2.75, 3.05) is 0 Å². The molecule has 0 aliphatic carbocycles. The lowest BCUT2D eigenvalue weighted by molar-refractivity contribution is -0.138. The second-order valence-corrected chi connectivity index (χ2v) is 7.31. The van der Waals surface area contributed by atoms with E-state index in [4.69, 9.17) is 9.84 Å². The summed E-state index contributed by atoms with van der Waals surface area (Å²) in [6.07, 6.45) is -0.850. The molecule has 0 bridgehead atoms. The fraction of sp³-hybridized carbons (Fsp3) is 0.471. The Morgan fingerprint density at radius 3 is 2.25 bits per heavy atom. The van der Waals surface area contributed by atoms with Crippen LogP contribution < -0.4 is 5.32 Å². The lowest BCUT2D eigenvalue weighted by atomic mass is 10.00. The second kappa shape index (κ2) is 8.82. The molecule has 0 aliphatic heterocycles. The van der Waals surface area contributed by atoms with Crippen LogP contribution in [-0.2, 0) is 20.7 Å². The normalized spacial score (nSPS) is 12.3. The molecule has 0 saturated carbocycles. The van der Waals surface area contributed by atoms with Crippen LogP contribution in [0.25, 0.3) is 0 Å². The van der Waals surface area contributed by atoms with Crippen LogP contribution in [0.15, 0.2) is 28.7 Å². The molecule has 2 N–H and O–H groups in total. The predicted octanol–water partition coefficient (Wildman–Crippen LogP) is 3.32. The summed E-state index contributed by atoms with van der Waals surface area (Å²) in [5.74, 6) is -1.39. The molecule has 0 aromatic heterocycles. The van der Waals surface area contributed by atoms with Crippen molar-refractivity contribution >= 4 is 33.8 Å². The van der Waals surface area contributed by atoms with Gasteiger partial charge in [0.1, 0.15) is 5.60 Å². The van der Waals surface area contributed by atoms with E-state index >= 15 is 0 Å². The zero-order valence-corrected chi connectivity index (χ0v) is 15.6. The Bertz CT molecular complexity index is 592. The molecule has 1 atom stereocenters. The molecule has 1 rings (SSSR count). The number of alkyl carbamates (subject to hydrolysis) is 1. The summed E-state index contributed by atoms with van der Waals surface area (Å²) >= 11 is 3.33. The zero-order valence-electron chi connectivity index (χ0n) is 14.0. The van der Waals surface area contributed by atoms with Crippen molar-refractivity contribution in [2.45, 2.75) is 51.7 Å². The standard InChI is InChI=1S/C17H22BrNO5/c1-17(2,3)24-16(23)19-13(14(20)8-9-15(21)22)10-11-4-6-12(18)7-5-11/h4-7,13H,8-10H2,1-3H3,(H,19,23)(H,21,22)/t13-/m0/s1. The number of nitrogens with one attached hydrogen (secondary N) is 1. The average molecular weight is 400 g/mol. The predicted molar refractivity (Wildman–Crippen MR) is 92.9 cm³/mol. The number of hydrogen-bond donors (Lipinski definition) is 2. The van der Waals surface area contributed by atoms with Gasteiger partial charge in [-0.05, 0) is 44.9 Å². The Kier molecular flexibility index (Phi) is 7.41. The number of ketones is 1. The highest BCUT2D eigenvalue weighted by Gasteiger charge is 2.24. The summed E-state index contributed by atoms with van der Waals surface area (Å²) in [6, 6.07) is 6.50. The Morgan fingerprint density at radius 2 is 1.75 bits per heavy atom. The molecule has 0 unspecified atom stereocenters. The molecule has 132 valence electrons. The first-order valence-corrected chi connectivity index (χ1v) is 8.34. The average Bonchev–Trinajstić information content (AvgIpc) is 2.44. The number of amides is 1. The zero-order chi connectivity index (χ0) is 18.3. The van der Waals surface area contributed by atoms with E-state index in [0.717, 1.165) is 10.0 Å². The molecule has 0 saturated heterocycles. The number of rotatable bonds is 7. The maximum Gasteiger partial charge on any atom is 0.408 e. The van der Waals surface area contributed by atoms with E-state index in [2.05, 4.69) is 21.2 Å². The van der Waals surface area contributed by atoms with E-state index in [1.54, 1.807) is 20.8 Å². The summed E-state index contributed by atoms with van der Waals surface area (Å²) in [5.41, 5.74) is 0.166. The summed E-state index contributed by atoms with van der Waals surface area (Å²) in [6.45, 7) is 5.17. The van der Waals surface area contributed by atoms with Crippen molar-refractivity contribution in [2.24, 2.45) is 0 Å². The van der Waals surface area contributed by atoms with Crippen molar-refractivity contribution in [1.82, 2.24) is 5.32 Å². The van der Waals surface area contributed by atoms with Crippen molar-refractivity contribution in [3.8, 4) is 0 Å². The van der Waals surface area contributed by atoms with Crippen LogP contribution in [0.5, 0.6) is 0 Å². The highest BCUT2D eigenvalue weighted by molar-refractivity contribution is 9.10. The molecular formula is C17H22BrNO5. The first kappa shape index (κ1) is 20.2. The van der Waals surface area contributed by atoms with Crippen molar-refractivity contribution < 1.29 is 24.2 Å². The summed E-state index contributed by atoms with van der Waals surface area (Å²) < 4.78 is 6.08. The second-order valence-electron chi connectivity index (χ2n) is 6.39. The van der Waals surface area contributed by atoms with Gasteiger partial charge in [0, 0.05) is 10.9 Å². The highest BCUT2D eigenvalue weighted by Crippen LogP contribution is 2.14. The molecule has 0 spiro atoms. The van der Waals surface area contributed by atoms with E-state index in [1.165, 1.54) is 0 Å². The minimum atomic E-state index is -1.05. The van der Waals surface area contributed by atoms with Gasteiger partial charge >= 0.3 is 12.1 Å². The van der Waals surface area contributed by atoms with Gasteiger partial charge in [0.2, 0.25) is 0 Å². The van der Waals surface area contributed by atoms with Crippen LogP contribution >= 0.6 is 15.9 Å². The van der Waals surface area contributed by atoms with Crippen LogP contribution in [0.1, 0.15) is 39.2 Å². The van der Waals surface area contributed by atoms with E-state index < -0.39 is 23.7 Å². The number of carboxylic acids is 1. The van der Waals surface area contributed by atoms with Gasteiger partial charge in [-0.15, -0.1) is 0 Å². The fourth-order valence-corrected chi connectivity index (χ4v) is 2.22. The molecule has 24 heavy (non-hydrogen) atoms. The van der Waals surface area contributed by atoms with Gasteiger partial charge in [-0.25, -0.2) is 4.79 Å². The van der Waals surface area contributed by atoms with Crippen LogP contribution in [0.2, 0.25) is 0 Å².